The summed E-state index contributed by atoms with van der Waals surface area (Å²) in [6.07, 6.45) is 5.90. The van der Waals surface area contributed by atoms with Crippen molar-refractivity contribution in [2.45, 2.75) is 13.0 Å². The molecular weight excluding hydrogens is 218 g/mol. The molecule has 0 aliphatic carbocycles. The number of hydrogen-bond donors (Lipinski definition) is 0. The van der Waals surface area contributed by atoms with Crippen LogP contribution in [0.4, 0.5) is 0 Å². The van der Waals surface area contributed by atoms with Gasteiger partial charge in [0.25, 0.3) is 0 Å². The number of pyridine rings is 1. The zero-order valence-electron chi connectivity index (χ0n) is 9.54. The second kappa shape index (κ2) is 5.25. The Hall–Kier alpha value is -2.17. The Labute approximate surface area is 99.1 Å². The molecule has 0 amide bonds. The standard InChI is InChI=1S/C12H13N3O2/c1-17-12(16)11-4-8-14-15(11)9-5-10-2-6-13-7-3-10/h2-4,6-8H,5,9H2,1H3. The Morgan fingerprint density at radius 2 is 2.06 bits per heavy atom. The molecule has 0 aliphatic heterocycles. The third-order valence-corrected chi connectivity index (χ3v) is 2.47. The minimum Gasteiger partial charge on any atom is -0.464 e. The van der Waals surface area contributed by atoms with Crippen LogP contribution in [-0.4, -0.2) is 27.8 Å². The van der Waals surface area contributed by atoms with Gasteiger partial charge in [-0.15, -0.1) is 0 Å². The van der Waals surface area contributed by atoms with Crippen LogP contribution in [0.2, 0.25) is 0 Å². The van der Waals surface area contributed by atoms with Gasteiger partial charge < -0.3 is 4.74 Å². The van der Waals surface area contributed by atoms with Crippen molar-refractivity contribution in [2.75, 3.05) is 7.11 Å². The lowest BCUT2D eigenvalue weighted by Crippen LogP contribution is -2.13. The van der Waals surface area contributed by atoms with E-state index in [1.165, 1.54) is 7.11 Å². The predicted octanol–water partition coefficient (Wildman–Crippen LogP) is 1.31. The van der Waals surface area contributed by atoms with Crippen LogP contribution in [0, 0.1) is 0 Å². The second-order valence-electron chi connectivity index (χ2n) is 3.54. The molecule has 0 spiro atoms. The summed E-state index contributed by atoms with van der Waals surface area (Å²) in [5.41, 5.74) is 1.63. The Morgan fingerprint density at radius 3 is 2.76 bits per heavy atom. The summed E-state index contributed by atoms with van der Waals surface area (Å²) in [4.78, 5) is 15.4. The van der Waals surface area contributed by atoms with Crippen molar-refractivity contribution in [2.24, 2.45) is 0 Å². The van der Waals surface area contributed by atoms with Gasteiger partial charge in [0.15, 0.2) is 0 Å². The average molecular weight is 231 g/mol. The lowest BCUT2D eigenvalue weighted by atomic mass is 10.2. The van der Waals surface area contributed by atoms with E-state index in [-0.39, 0.29) is 5.97 Å². The molecule has 0 fully saturated rings. The molecule has 0 aliphatic rings. The molecule has 5 heteroatoms. The van der Waals surface area contributed by atoms with E-state index in [1.807, 2.05) is 12.1 Å². The van der Waals surface area contributed by atoms with Gasteiger partial charge in [0.2, 0.25) is 0 Å². The molecule has 5 nitrogen and oxygen atoms in total. The van der Waals surface area contributed by atoms with Crippen molar-refractivity contribution >= 4 is 5.97 Å². The van der Waals surface area contributed by atoms with E-state index in [4.69, 9.17) is 0 Å². The van der Waals surface area contributed by atoms with Crippen LogP contribution in [0.25, 0.3) is 0 Å². The molecule has 0 saturated carbocycles. The summed E-state index contributed by atoms with van der Waals surface area (Å²) in [5, 5.41) is 4.10. The number of aryl methyl sites for hydroxylation is 2. The maximum absolute atomic E-state index is 11.4. The summed E-state index contributed by atoms with van der Waals surface area (Å²) >= 11 is 0. The highest BCUT2D eigenvalue weighted by molar-refractivity contribution is 5.87. The third-order valence-electron chi connectivity index (χ3n) is 2.47. The number of ether oxygens (including phenoxy) is 1. The van der Waals surface area contributed by atoms with Crippen molar-refractivity contribution in [1.82, 2.24) is 14.8 Å². The van der Waals surface area contributed by atoms with Crippen LogP contribution < -0.4 is 0 Å². The predicted molar refractivity (Wildman–Crippen MR) is 61.5 cm³/mol. The van der Waals surface area contributed by atoms with Gasteiger partial charge in [0.05, 0.1) is 7.11 Å². The number of aromatic nitrogens is 3. The highest BCUT2D eigenvalue weighted by Crippen LogP contribution is 2.04. The van der Waals surface area contributed by atoms with Gasteiger partial charge >= 0.3 is 5.97 Å². The lowest BCUT2D eigenvalue weighted by Gasteiger charge is -2.05. The van der Waals surface area contributed by atoms with Gasteiger partial charge in [-0.1, -0.05) is 0 Å². The summed E-state index contributed by atoms with van der Waals surface area (Å²) in [6, 6.07) is 5.54. The third kappa shape index (κ3) is 2.69. The van der Waals surface area contributed by atoms with Crippen LogP contribution >= 0.6 is 0 Å². The quantitative estimate of drug-likeness (QED) is 0.744. The van der Waals surface area contributed by atoms with Crippen LogP contribution in [0.15, 0.2) is 36.8 Å². The molecule has 88 valence electrons. The van der Waals surface area contributed by atoms with Crippen molar-refractivity contribution in [1.29, 1.82) is 0 Å². The minimum absolute atomic E-state index is 0.364. The fourth-order valence-electron chi connectivity index (χ4n) is 1.57. The van der Waals surface area contributed by atoms with Gasteiger partial charge in [-0.05, 0) is 30.2 Å². The van der Waals surface area contributed by atoms with E-state index < -0.39 is 0 Å². The van der Waals surface area contributed by atoms with Crippen molar-refractivity contribution in [3.63, 3.8) is 0 Å². The summed E-state index contributed by atoms with van der Waals surface area (Å²) in [6.45, 7) is 0.640. The van der Waals surface area contributed by atoms with Crippen LogP contribution in [-0.2, 0) is 17.7 Å². The number of carbonyl (C=O) groups excluding carboxylic acids is 1. The van der Waals surface area contributed by atoms with Gasteiger partial charge in [-0.25, -0.2) is 4.79 Å². The van der Waals surface area contributed by atoms with E-state index in [1.54, 1.807) is 29.3 Å². The molecule has 0 saturated heterocycles. The molecule has 2 aromatic rings. The van der Waals surface area contributed by atoms with Crippen LogP contribution in [0.3, 0.4) is 0 Å². The highest BCUT2D eigenvalue weighted by atomic mass is 16.5. The number of hydrogen-bond acceptors (Lipinski definition) is 4. The van der Waals surface area contributed by atoms with Gasteiger partial charge in [-0.2, -0.15) is 5.10 Å². The first kappa shape index (κ1) is 11.3. The topological polar surface area (TPSA) is 57.0 Å². The fraction of sp³-hybridized carbons (Fsp3) is 0.250. The van der Waals surface area contributed by atoms with Gasteiger partial charge in [0.1, 0.15) is 5.69 Å². The normalized spacial score (nSPS) is 10.2. The second-order valence-corrected chi connectivity index (χ2v) is 3.54. The zero-order valence-corrected chi connectivity index (χ0v) is 9.54. The monoisotopic (exact) mass is 231 g/mol. The molecule has 2 heterocycles. The molecule has 0 radical (unpaired) electrons. The Bertz CT molecular complexity index is 493. The Morgan fingerprint density at radius 1 is 1.29 bits per heavy atom. The fourth-order valence-corrected chi connectivity index (χ4v) is 1.57. The first-order chi connectivity index (χ1) is 8.31. The van der Waals surface area contributed by atoms with E-state index >= 15 is 0 Å². The smallest absolute Gasteiger partial charge is 0.356 e. The molecule has 2 aromatic heterocycles. The molecule has 0 bridgehead atoms. The number of rotatable bonds is 4. The largest absolute Gasteiger partial charge is 0.464 e. The Kier molecular flexibility index (Phi) is 3.49. The van der Waals surface area contributed by atoms with Crippen molar-refractivity contribution in [3.05, 3.63) is 48.0 Å². The average Bonchev–Trinajstić information content (AvgIpc) is 2.85. The molecular formula is C12H13N3O2. The van der Waals surface area contributed by atoms with E-state index in [9.17, 15) is 4.79 Å². The highest BCUT2D eigenvalue weighted by Gasteiger charge is 2.11. The van der Waals surface area contributed by atoms with Gasteiger partial charge in [0, 0.05) is 25.1 Å². The van der Waals surface area contributed by atoms with Crippen molar-refractivity contribution in [3.8, 4) is 0 Å². The molecule has 2 rings (SSSR count). The van der Waals surface area contributed by atoms with Gasteiger partial charge in [-0.3, -0.25) is 9.67 Å². The number of nitrogens with zero attached hydrogens (tertiary/aromatic N) is 3. The first-order valence-corrected chi connectivity index (χ1v) is 5.30. The number of carbonyl (C=O) groups is 1. The SMILES string of the molecule is COC(=O)c1ccnn1CCc1ccncc1. The van der Waals surface area contributed by atoms with Crippen LogP contribution in [0.5, 0.6) is 0 Å². The summed E-state index contributed by atoms with van der Waals surface area (Å²) < 4.78 is 6.32. The molecule has 0 unspecified atom stereocenters. The number of methoxy groups -OCH3 is 1. The molecule has 17 heavy (non-hydrogen) atoms. The summed E-state index contributed by atoms with van der Waals surface area (Å²) in [7, 11) is 1.36. The first-order valence-electron chi connectivity index (χ1n) is 5.30. The molecule has 0 N–H and O–H groups in total. The van der Waals surface area contributed by atoms with E-state index in [0.717, 1.165) is 12.0 Å². The Balaban J connectivity index is 2.05. The maximum Gasteiger partial charge on any atom is 0.356 e. The van der Waals surface area contributed by atoms with E-state index in [2.05, 4.69) is 14.8 Å². The lowest BCUT2D eigenvalue weighted by molar-refractivity contribution is 0.0586. The maximum atomic E-state index is 11.4. The summed E-state index contributed by atoms with van der Waals surface area (Å²) in [5.74, 6) is -0.364. The minimum atomic E-state index is -0.364. The van der Waals surface area contributed by atoms with E-state index in [0.29, 0.717) is 12.2 Å². The molecule has 0 aromatic carbocycles. The van der Waals surface area contributed by atoms with Crippen molar-refractivity contribution < 1.29 is 9.53 Å². The molecule has 0 atom stereocenters. The van der Waals surface area contributed by atoms with Crippen LogP contribution in [0.1, 0.15) is 16.1 Å². The zero-order chi connectivity index (χ0) is 12.1. The number of esters is 1.